The number of carboxylic acids is 1. The Balaban J connectivity index is 2.22. The molecule has 4 heteroatoms. The van der Waals surface area contributed by atoms with Crippen molar-refractivity contribution in [2.75, 3.05) is 0 Å². The van der Waals surface area contributed by atoms with E-state index in [-0.39, 0.29) is 5.56 Å². The Kier molecular flexibility index (Phi) is 3.90. The van der Waals surface area contributed by atoms with Gasteiger partial charge in [0.2, 0.25) is 0 Å². The van der Waals surface area contributed by atoms with Crippen molar-refractivity contribution >= 4 is 17.6 Å². The van der Waals surface area contributed by atoms with Crippen LogP contribution in [0.4, 0.5) is 0 Å². The molecule has 0 aliphatic carbocycles. The lowest BCUT2D eigenvalue weighted by Gasteiger charge is -2.10. The standard InChI is InChI=1S/C18H12ClNO2/c19-15-9-5-4-8-13(15)17-14(18(21)22)10-11-16(20-17)12-6-2-1-3-7-12/h1-11H,(H,21,22). The number of benzene rings is 2. The SMILES string of the molecule is O=C(O)c1ccc(-c2ccccc2)nc1-c1ccccc1Cl. The average molecular weight is 310 g/mol. The molecule has 0 bridgehead atoms. The van der Waals surface area contributed by atoms with Gasteiger partial charge in [-0.1, -0.05) is 60.1 Å². The maximum atomic E-state index is 11.5. The smallest absolute Gasteiger partial charge is 0.337 e. The lowest BCUT2D eigenvalue weighted by Crippen LogP contribution is -2.03. The summed E-state index contributed by atoms with van der Waals surface area (Å²) in [5.41, 5.74) is 2.75. The van der Waals surface area contributed by atoms with Crippen LogP contribution in [0.2, 0.25) is 5.02 Å². The highest BCUT2D eigenvalue weighted by molar-refractivity contribution is 6.33. The Morgan fingerprint density at radius 1 is 0.909 bits per heavy atom. The molecule has 2 aromatic carbocycles. The van der Waals surface area contributed by atoms with Gasteiger partial charge in [-0.2, -0.15) is 0 Å². The minimum absolute atomic E-state index is 0.132. The van der Waals surface area contributed by atoms with Crippen molar-refractivity contribution in [2.24, 2.45) is 0 Å². The molecule has 1 aromatic heterocycles. The average Bonchev–Trinajstić information content (AvgIpc) is 2.55. The molecule has 22 heavy (non-hydrogen) atoms. The van der Waals surface area contributed by atoms with Crippen LogP contribution in [0.5, 0.6) is 0 Å². The van der Waals surface area contributed by atoms with Gasteiger partial charge in [0.05, 0.1) is 17.0 Å². The minimum atomic E-state index is -1.03. The van der Waals surface area contributed by atoms with Crippen LogP contribution in [0.3, 0.4) is 0 Å². The van der Waals surface area contributed by atoms with Crippen molar-refractivity contribution in [2.45, 2.75) is 0 Å². The molecule has 0 unspecified atom stereocenters. The Labute approximate surface area is 132 Å². The van der Waals surface area contributed by atoms with Gasteiger partial charge < -0.3 is 5.11 Å². The van der Waals surface area contributed by atoms with Crippen LogP contribution in [0.1, 0.15) is 10.4 Å². The first-order valence-electron chi connectivity index (χ1n) is 6.71. The minimum Gasteiger partial charge on any atom is -0.478 e. The zero-order valence-corrected chi connectivity index (χ0v) is 12.3. The summed E-state index contributed by atoms with van der Waals surface area (Å²) in [6, 6.07) is 20.0. The fraction of sp³-hybridized carbons (Fsp3) is 0. The monoisotopic (exact) mass is 309 g/mol. The second-order valence-corrected chi connectivity index (χ2v) is 5.15. The molecule has 0 aliphatic heterocycles. The first-order chi connectivity index (χ1) is 10.7. The number of carbonyl (C=O) groups is 1. The van der Waals surface area contributed by atoms with Gasteiger partial charge in [-0.25, -0.2) is 9.78 Å². The van der Waals surface area contributed by atoms with E-state index in [0.717, 1.165) is 5.56 Å². The molecule has 1 N–H and O–H groups in total. The van der Waals surface area contributed by atoms with Gasteiger partial charge in [-0.3, -0.25) is 0 Å². The molecule has 0 radical (unpaired) electrons. The van der Waals surface area contributed by atoms with Crippen LogP contribution in [-0.2, 0) is 0 Å². The van der Waals surface area contributed by atoms with E-state index >= 15 is 0 Å². The predicted molar refractivity (Wildman–Crippen MR) is 87.1 cm³/mol. The van der Waals surface area contributed by atoms with Crippen LogP contribution < -0.4 is 0 Å². The third-order valence-electron chi connectivity index (χ3n) is 3.32. The van der Waals surface area contributed by atoms with E-state index in [1.165, 1.54) is 0 Å². The lowest BCUT2D eigenvalue weighted by atomic mass is 10.0. The summed E-state index contributed by atoms with van der Waals surface area (Å²) < 4.78 is 0. The number of hydrogen-bond acceptors (Lipinski definition) is 2. The third-order valence-corrected chi connectivity index (χ3v) is 3.65. The largest absolute Gasteiger partial charge is 0.478 e. The predicted octanol–water partition coefficient (Wildman–Crippen LogP) is 4.77. The second kappa shape index (κ2) is 6.00. The molecule has 0 saturated heterocycles. The Morgan fingerprint density at radius 3 is 2.27 bits per heavy atom. The summed E-state index contributed by atoms with van der Waals surface area (Å²) in [6.07, 6.45) is 0. The first kappa shape index (κ1) is 14.3. The fourth-order valence-electron chi connectivity index (χ4n) is 2.26. The van der Waals surface area contributed by atoms with Gasteiger partial charge in [0.25, 0.3) is 0 Å². The number of aromatic carboxylic acids is 1. The van der Waals surface area contributed by atoms with E-state index in [1.54, 1.807) is 30.3 Å². The number of nitrogens with zero attached hydrogens (tertiary/aromatic N) is 1. The van der Waals surface area contributed by atoms with E-state index in [1.807, 2.05) is 36.4 Å². The summed E-state index contributed by atoms with van der Waals surface area (Å²) in [6.45, 7) is 0. The molecule has 0 amide bonds. The topological polar surface area (TPSA) is 50.2 Å². The van der Waals surface area contributed by atoms with Crippen molar-refractivity contribution in [1.29, 1.82) is 0 Å². The van der Waals surface area contributed by atoms with Crippen LogP contribution in [0, 0.1) is 0 Å². The van der Waals surface area contributed by atoms with Gasteiger partial charge in [0.1, 0.15) is 0 Å². The summed E-state index contributed by atoms with van der Waals surface area (Å²) in [5, 5.41) is 9.87. The van der Waals surface area contributed by atoms with Crippen LogP contribution in [0.25, 0.3) is 22.5 Å². The summed E-state index contributed by atoms with van der Waals surface area (Å²) in [4.78, 5) is 16.0. The van der Waals surface area contributed by atoms with E-state index in [2.05, 4.69) is 4.98 Å². The molecule has 3 aromatic rings. The fourth-order valence-corrected chi connectivity index (χ4v) is 2.49. The molecule has 0 fully saturated rings. The Bertz CT molecular complexity index is 832. The van der Waals surface area contributed by atoms with Crippen molar-refractivity contribution in [3.63, 3.8) is 0 Å². The van der Waals surface area contributed by atoms with Crippen molar-refractivity contribution in [3.8, 4) is 22.5 Å². The van der Waals surface area contributed by atoms with Crippen molar-refractivity contribution < 1.29 is 9.90 Å². The molecule has 0 saturated carbocycles. The number of pyridine rings is 1. The highest BCUT2D eigenvalue weighted by Gasteiger charge is 2.16. The third kappa shape index (κ3) is 2.71. The number of carboxylic acid groups (broad SMARTS) is 1. The van der Waals surface area contributed by atoms with E-state index in [9.17, 15) is 9.90 Å². The van der Waals surface area contributed by atoms with Gasteiger partial charge in [-0.15, -0.1) is 0 Å². The lowest BCUT2D eigenvalue weighted by molar-refractivity contribution is 0.0697. The maximum Gasteiger partial charge on any atom is 0.337 e. The van der Waals surface area contributed by atoms with Gasteiger partial charge in [0.15, 0.2) is 0 Å². The first-order valence-corrected chi connectivity index (χ1v) is 7.09. The zero-order valence-electron chi connectivity index (χ0n) is 11.5. The highest BCUT2D eigenvalue weighted by atomic mass is 35.5. The number of halogens is 1. The number of hydrogen-bond donors (Lipinski definition) is 1. The van der Waals surface area contributed by atoms with Crippen molar-refractivity contribution in [3.05, 3.63) is 77.3 Å². The van der Waals surface area contributed by atoms with Crippen molar-refractivity contribution in [1.82, 2.24) is 4.98 Å². The highest BCUT2D eigenvalue weighted by Crippen LogP contribution is 2.31. The Hall–Kier alpha value is -2.65. The second-order valence-electron chi connectivity index (χ2n) is 4.74. The molecule has 1 heterocycles. The summed E-state index contributed by atoms with van der Waals surface area (Å²) in [7, 11) is 0. The molecule has 0 atom stereocenters. The zero-order chi connectivity index (χ0) is 15.5. The van der Waals surface area contributed by atoms with Gasteiger partial charge in [0, 0.05) is 16.1 Å². The van der Waals surface area contributed by atoms with Gasteiger partial charge in [-0.05, 0) is 18.2 Å². The molecule has 0 aliphatic rings. The normalized spacial score (nSPS) is 10.4. The molecule has 108 valence electrons. The van der Waals surface area contributed by atoms with Crippen LogP contribution >= 0.6 is 11.6 Å². The molecule has 3 rings (SSSR count). The number of rotatable bonds is 3. The van der Waals surface area contributed by atoms with Crippen LogP contribution in [-0.4, -0.2) is 16.1 Å². The Morgan fingerprint density at radius 2 is 1.59 bits per heavy atom. The summed E-state index contributed by atoms with van der Waals surface area (Å²) in [5.74, 6) is -1.03. The van der Waals surface area contributed by atoms with E-state index in [0.29, 0.717) is 22.0 Å². The molecule has 0 spiro atoms. The maximum absolute atomic E-state index is 11.5. The van der Waals surface area contributed by atoms with Crippen LogP contribution in [0.15, 0.2) is 66.7 Å². The molecular weight excluding hydrogens is 298 g/mol. The quantitative estimate of drug-likeness (QED) is 0.758. The van der Waals surface area contributed by atoms with E-state index < -0.39 is 5.97 Å². The summed E-state index contributed by atoms with van der Waals surface area (Å²) >= 11 is 6.20. The van der Waals surface area contributed by atoms with Gasteiger partial charge >= 0.3 is 5.97 Å². The number of aromatic nitrogens is 1. The van der Waals surface area contributed by atoms with E-state index in [4.69, 9.17) is 11.6 Å². The molecule has 3 nitrogen and oxygen atoms in total. The molecular formula is C18H12ClNO2.